The van der Waals surface area contributed by atoms with Crippen molar-refractivity contribution in [1.29, 1.82) is 0 Å². The molecule has 0 radical (unpaired) electrons. The number of nitrogens with zero attached hydrogens (tertiary/aromatic N) is 8. The van der Waals surface area contributed by atoms with Gasteiger partial charge < -0.3 is 9.47 Å². The molecule has 1 aliphatic rings. The lowest BCUT2D eigenvalue weighted by atomic mass is 10.1. The van der Waals surface area contributed by atoms with Crippen molar-refractivity contribution in [2.24, 2.45) is 7.05 Å². The van der Waals surface area contributed by atoms with Gasteiger partial charge in [-0.15, -0.1) is 0 Å². The monoisotopic (exact) mass is 374 g/mol. The molecule has 3 aromatic heterocycles. The second-order valence-electron chi connectivity index (χ2n) is 7.06. The summed E-state index contributed by atoms with van der Waals surface area (Å²) in [5, 5.41) is 4.39. The zero-order chi connectivity index (χ0) is 18.9. The second kappa shape index (κ2) is 7.05. The molecule has 1 aromatic carbocycles. The molecule has 0 spiro atoms. The van der Waals surface area contributed by atoms with E-state index in [0.717, 1.165) is 55.6 Å². The minimum absolute atomic E-state index is 0.631. The summed E-state index contributed by atoms with van der Waals surface area (Å²) in [6.07, 6.45) is 5.42. The number of fused-ring (bicyclic) bond motifs is 1. The number of anilines is 1. The van der Waals surface area contributed by atoms with E-state index in [1.807, 2.05) is 42.2 Å². The van der Waals surface area contributed by atoms with Gasteiger partial charge in [0.1, 0.15) is 18.0 Å². The van der Waals surface area contributed by atoms with Crippen LogP contribution >= 0.6 is 0 Å². The van der Waals surface area contributed by atoms with E-state index in [-0.39, 0.29) is 0 Å². The third kappa shape index (κ3) is 3.11. The minimum Gasteiger partial charge on any atom is -0.354 e. The van der Waals surface area contributed by atoms with Gasteiger partial charge in [-0.25, -0.2) is 9.97 Å². The molecule has 5 rings (SSSR count). The number of piperazine rings is 1. The minimum atomic E-state index is 0.631. The van der Waals surface area contributed by atoms with Gasteiger partial charge in [-0.3, -0.25) is 4.90 Å². The SMILES string of the molecule is Cn1ccnc1CN1CCN(c2cc(-c3ccccc3)nc3ncnn23)CC1. The third-order valence-electron chi connectivity index (χ3n) is 5.28. The third-order valence-corrected chi connectivity index (χ3v) is 5.28. The predicted octanol–water partition coefficient (Wildman–Crippen LogP) is 1.85. The number of aromatic nitrogens is 6. The van der Waals surface area contributed by atoms with Crippen LogP contribution in [0, 0.1) is 0 Å². The highest BCUT2D eigenvalue weighted by molar-refractivity contribution is 5.65. The van der Waals surface area contributed by atoms with Crippen LogP contribution in [0.2, 0.25) is 0 Å². The van der Waals surface area contributed by atoms with Crippen molar-refractivity contribution in [3.05, 3.63) is 60.9 Å². The molecule has 0 N–H and O–H groups in total. The summed E-state index contributed by atoms with van der Waals surface area (Å²) in [7, 11) is 2.04. The molecule has 1 saturated heterocycles. The fourth-order valence-corrected chi connectivity index (χ4v) is 3.66. The molecule has 4 aromatic rings. The molecule has 1 aliphatic heterocycles. The summed E-state index contributed by atoms with van der Waals surface area (Å²) in [4.78, 5) is 18.3. The largest absolute Gasteiger partial charge is 0.354 e. The van der Waals surface area contributed by atoms with Crippen LogP contribution in [-0.4, -0.2) is 60.2 Å². The van der Waals surface area contributed by atoms with Crippen LogP contribution in [0.1, 0.15) is 5.82 Å². The van der Waals surface area contributed by atoms with Crippen LogP contribution in [0.4, 0.5) is 5.82 Å². The Morgan fingerprint density at radius 2 is 1.82 bits per heavy atom. The summed E-state index contributed by atoms with van der Waals surface area (Å²) in [5.74, 6) is 2.77. The lowest BCUT2D eigenvalue weighted by Gasteiger charge is -2.35. The molecule has 8 nitrogen and oxygen atoms in total. The number of benzene rings is 1. The smallest absolute Gasteiger partial charge is 0.254 e. The molecule has 0 bridgehead atoms. The summed E-state index contributed by atoms with van der Waals surface area (Å²) >= 11 is 0. The van der Waals surface area contributed by atoms with Crippen LogP contribution in [0.15, 0.2) is 55.1 Å². The number of imidazole rings is 1. The van der Waals surface area contributed by atoms with Gasteiger partial charge in [-0.1, -0.05) is 30.3 Å². The molecular weight excluding hydrogens is 352 g/mol. The maximum Gasteiger partial charge on any atom is 0.254 e. The van der Waals surface area contributed by atoms with Crippen molar-refractivity contribution in [2.45, 2.75) is 6.54 Å². The van der Waals surface area contributed by atoms with Crippen molar-refractivity contribution in [3.63, 3.8) is 0 Å². The fourth-order valence-electron chi connectivity index (χ4n) is 3.66. The molecule has 142 valence electrons. The summed E-state index contributed by atoms with van der Waals surface area (Å²) in [5.41, 5.74) is 2.01. The zero-order valence-electron chi connectivity index (χ0n) is 15.8. The Balaban J connectivity index is 1.39. The Hall–Kier alpha value is -3.26. The van der Waals surface area contributed by atoms with E-state index in [1.165, 1.54) is 0 Å². The van der Waals surface area contributed by atoms with Gasteiger partial charge in [-0.2, -0.15) is 14.6 Å². The first kappa shape index (κ1) is 16.9. The van der Waals surface area contributed by atoms with Gasteiger partial charge in [0.25, 0.3) is 5.78 Å². The second-order valence-corrected chi connectivity index (χ2v) is 7.06. The predicted molar refractivity (Wildman–Crippen MR) is 107 cm³/mol. The lowest BCUT2D eigenvalue weighted by Crippen LogP contribution is -2.46. The van der Waals surface area contributed by atoms with Gasteiger partial charge in [0.05, 0.1) is 12.2 Å². The van der Waals surface area contributed by atoms with Gasteiger partial charge in [0.2, 0.25) is 0 Å². The van der Waals surface area contributed by atoms with Crippen molar-refractivity contribution in [2.75, 3.05) is 31.1 Å². The van der Waals surface area contributed by atoms with Crippen molar-refractivity contribution in [3.8, 4) is 11.3 Å². The van der Waals surface area contributed by atoms with E-state index in [0.29, 0.717) is 5.78 Å². The number of hydrogen-bond acceptors (Lipinski definition) is 6. The van der Waals surface area contributed by atoms with Crippen LogP contribution < -0.4 is 4.90 Å². The molecule has 28 heavy (non-hydrogen) atoms. The van der Waals surface area contributed by atoms with E-state index < -0.39 is 0 Å². The summed E-state index contributed by atoms with van der Waals surface area (Å²) in [6, 6.07) is 12.3. The first-order valence-corrected chi connectivity index (χ1v) is 9.47. The normalized spacial score (nSPS) is 15.4. The average Bonchev–Trinajstić information content (AvgIpc) is 3.37. The van der Waals surface area contributed by atoms with E-state index >= 15 is 0 Å². The van der Waals surface area contributed by atoms with E-state index in [1.54, 1.807) is 6.33 Å². The Labute approximate surface area is 163 Å². The Bertz CT molecular complexity index is 1080. The van der Waals surface area contributed by atoms with Crippen molar-refractivity contribution < 1.29 is 0 Å². The lowest BCUT2D eigenvalue weighted by molar-refractivity contribution is 0.241. The molecule has 0 saturated carbocycles. The molecular formula is C20H22N8. The maximum atomic E-state index is 4.68. The Morgan fingerprint density at radius 3 is 2.57 bits per heavy atom. The molecule has 0 unspecified atom stereocenters. The van der Waals surface area contributed by atoms with Crippen LogP contribution in [0.3, 0.4) is 0 Å². The standard InChI is InChI=1S/C20H22N8/c1-25-8-7-21-18(25)14-26-9-11-27(12-10-26)19-13-17(16-5-3-2-4-6-16)24-20-22-15-23-28(19)20/h2-8,13,15H,9-12,14H2,1H3. The molecule has 0 aliphatic carbocycles. The molecule has 0 amide bonds. The number of aryl methyl sites for hydroxylation is 1. The highest BCUT2D eigenvalue weighted by Crippen LogP contribution is 2.24. The van der Waals surface area contributed by atoms with Crippen LogP contribution in [0.25, 0.3) is 17.0 Å². The van der Waals surface area contributed by atoms with Gasteiger partial charge in [-0.05, 0) is 0 Å². The molecule has 0 atom stereocenters. The molecule has 8 heteroatoms. The van der Waals surface area contributed by atoms with Crippen molar-refractivity contribution >= 4 is 11.6 Å². The Kier molecular flexibility index (Phi) is 4.25. The van der Waals surface area contributed by atoms with Crippen molar-refractivity contribution in [1.82, 2.24) is 34.0 Å². The zero-order valence-corrected chi connectivity index (χ0v) is 15.8. The highest BCUT2D eigenvalue weighted by Gasteiger charge is 2.21. The fraction of sp³-hybridized carbons (Fsp3) is 0.300. The topological polar surface area (TPSA) is 67.4 Å². The summed E-state index contributed by atoms with van der Waals surface area (Å²) in [6.45, 7) is 4.69. The van der Waals surface area contributed by atoms with Gasteiger partial charge in [0, 0.05) is 57.3 Å². The van der Waals surface area contributed by atoms with Gasteiger partial charge in [0.15, 0.2) is 0 Å². The van der Waals surface area contributed by atoms with Gasteiger partial charge >= 0.3 is 0 Å². The highest BCUT2D eigenvalue weighted by atomic mass is 15.4. The molecule has 4 heterocycles. The van der Waals surface area contributed by atoms with E-state index in [4.69, 9.17) is 0 Å². The number of rotatable bonds is 4. The number of hydrogen-bond donors (Lipinski definition) is 0. The quantitative estimate of drug-likeness (QED) is 0.543. The average molecular weight is 374 g/mol. The van der Waals surface area contributed by atoms with Crippen LogP contribution in [-0.2, 0) is 13.6 Å². The first-order valence-electron chi connectivity index (χ1n) is 9.47. The van der Waals surface area contributed by atoms with E-state index in [2.05, 4.69) is 52.6 Å². The summed E-state index contributed by atoms with van der Waals surface area (Å²) < 4.78 is 3.92. The molecule has 1 fully saturated rings. The first-order chi connectivity index (χ1) is 13.8. The Morgan fingerprint density at radius 1 is 1.00 bits per heavy atom. The maximum absolute atomic E-state index is 4.68. The van der Waals surface area contributed by atoms with E-state index in [9.17, 15) is 0 Å². The van der Waals surface area contributed by atoms with Crippen LogP contribution in [0.5, 0.6) is 0 Å².